The number of nitrogens with one attached hydrogen (secondary N) is 3. The highest BCUT2D eigenvalue weighted by atomic mass is 16.6. The third kappa shape index (κ3) is 11.4. The highest BCUT2D eigenvalue weighted by Gasteiger charge is 2.61. The summed E-state index contributed by atoms with van der Waals surface area (Å²) in [7, 11) is 5.21. The van der Waals surface area contributed by atoms with Gasteiger partial charge in [0, 0.05) is 56.5 Å². The van der Waals surface area contributed by atoms with Gasteiger partial charge in [-0.05, 0) is 179 Å². The number of hydrogen-bond donors (Lipinski definition) is 7. The Morgan fingerprint density at radius 3 is 2.58 bits per heavy atom. The van der Waals surface area contributed by atoms with Crippen LogP contribution in [0.3, 0.4) is 0 Å². The largest absolute Gasteiger partial charge is 0.504 e. The second-order valence-electron chi connectivity index (χ2n) is 22.9. The van der Waals surface area contributed by atoms with Crippen LogP contribution in [-0.4, -0.2) is 85.0 Å². The van der Waals surface area contributed by atoms with Gasteiger partial charge in [0.1, 0.15) is 5.60 Å². The van der Waals surface area contributed by atoms with Gasteiger partial charge in [0.15, 0.2) is 35.1 Å². The molecule has 12 unspecified atom stereocenters. The smallest absolute Gasteiger partial charge is 0.207 e. The zero-order chi connectivity index (χ0) is 50.9. The third-order valence-electron chi connectivity index (χ3n) is 18.9. The second-order valence-corrected chi connectivity index (χ2v) is 22.9. The van der Waals surface area contributed by atoms with Gasteiger partial charge in [0.25, 0.3) is 0 Å². The number of rotatable bonds is 19. The maximum atomic E-state index is 15.7. The Morgan fingerprint density at radius 2 is 1.81 bits per heavy atom. The number of aromatic hydroxyl groups is 2. The first-order chi connectivity index (χ1) is 35.0. The average Bonchev–Trinajstić information content (AvgIpc) is 4.12. The molecule has 1 spiro atoms. The molecule has 0 amide bonds. The van der Waals surface area contributed by atoms with Crippen LogP contribution in [0.2, 0.25) is 0 Å². The average molecular weight is 993 g/mol. The Balaban J connectivity index is 1.25. The van der Waals surface area contributed by atoms with Crippen molar-refractivity contribution in [3.05, 3.63) is 53.6 Å². The Bertz CT molecular complexity index is 2270. The molecule has 0 aromatic heterocycles. The van der Waals surface area contributed by atoms with Gasteiger partial charge in [0.05, 0.1) is 12.8 Å². The molecular formula is C60H88N4O8. The Hall–Kier alpha value is -4.28. The molecule has 12 heteroatoms. The Kier molecular flexibility index (Phi) is 18.3. The number of ether oxygens (including phenoxy) is 3. The maximum Gasteiger partial charge on any atom is 0.207 e. The molecule has 6 aliphatic rings. The number of carbonyl (C=O) groups is 1. The molecule has 1 heterocycles. The number of phenols is 2. The van der Waals surface area contributed by atoms with E-state index in [0.717, 1.165) is 114 Å². The topological polar surface area (TPSA) is 174 Å². The van der Waals surface area contributed by atoms with Gasteiger partial charge in [-0.25, -0.2) is 0 Å². The molecule has 5 saturated carbocycles. The number of phenolic OH excluding ortho intramolecular Hbond substituents is 2. The summed E-state index contributed by atoms with van der Waals surface area (Å²) < 4.78 is 18.8. The number of benzene rings is 2. The van der Waals surface area contributed by atoms with Crippen LogP contribution in [0, 0.1) is 64.7 Å². The number of guanidine groups is 1. The zero-order valence-electron chi connectivity index (χ0n) is 44.3. The Labute approximate surface area is 431 Å². The Morgan fingerprint density at radius 1 is 0.958 bits per heavy atom. The van der Waals surface area contributed by atoms with E-state index < -0.39 is 22.7 Å². The van der Waals surface area contributed by atoms with E-state index in [-0.39, 0.29) is 47.6 Å². The quantitative estimate of drug-likeness (QED) is 0.0309. The summed E-state index contributed by atoms with van der Waals surface area (Å²) in [6, 6.07) is 12.9. The number of nitrogens with zero attached hydrogens (tertiary/aromatic N) is 1. The van der Waals surface area contributed by atoms with Crippen LogP contribution < -0.4 is 25.4 Å². The van der Waals surface area contributed by atoms with Crippen molar-refractivity contribution in [1.82, 2.24) is 10.6 Å². The first kappa shape index (κ1) is 54.0. The van der Waals surface area contributed by atoms with E-state index in [9.17, 15) is 20.4 Å². The highest BCUT2D eigenvalue weighted by molar-refractivity contribution is 5.97. The molecule has 8 rings (SSSR count). The summed E-state index contributed by atoms with van der Waals surface area (Å²) in [6.07, 6.45) is 23.6. The van der Waals surface area contributed by atoms with E-state index in [0.29, 0.717) is 85.7 Å². The molecule has 12 nitrogen and oxygen atoms in total. The molecule has 5 fully saturated rings. The van der Waals surface area contributed by atoms with Crippen molar-refractivity contribution >= 4 is 17.4 Å². The van der Waals surface area contributed by atoms with Crippen molar-refractivity contribution in [2.24, 2.45) is 57.8 Å². The minimum absolute atomic E-state index is 0.00359. The van der Waals surface area contributed by atoms with Gasteiger partial charge in [0.2, 0.25) is 5.96 Å². The lowest BCUT2D eigenvalue weighted by Gasteiger charge is -2.59. The van der Waals surface area contributed by atoms with Crippen molar-refractivity contribution in [3.63, 3.8) is 0 Å². The van der Waals surface area contributed by atoms with Crippen molar-refractivity contribution in [2.75, 3.05) is 46.3 Å². The molecule has 72 heavy (non-hydrogen) atoms. The molecule has 0 radical (unpaired) electrons. The van der Waals surface area contributed by atoms with E-state index in [1.807, 2.05) is 25.3 Å². The summed E-state index contributed by atoms with van der Waals surface area (Å²) >= 11 is 0. The van der Waals surface area contributed by atoms with E-state index >= 15 is 4.79 Å². The lowest BCUT2D eigenvalue weighted by atomic mass is 9.45. The number of hydrogen-bond acceptors (Lipinski definition) is 10. The molecule has 0 saturated heterocycles. The predicted octanol–water partition coefficient (Wildman–Crippen LogP) is 10.6. The number of anilines is 1. The van der Waals surface area contributed by atoms with E-state index in [4.69, 9.17) is 14.2 Å². The number of methoxy groups -OCH3 is 1. The van der Waals surface area contributed by atoms with Gasteiger partial charge in [-0.2, -0.15) is 0 Å². The summed E-state index contributed by atoms with van der Waals surface area (Å²) in [5.74, 6) is 7.10. The monoisotopic (exact) mass is 993 g/mol. The van der Waals surface area contributed by atoms with Crippen LogP contribution in [-0.2, 0) is 21.4 Å². The number of likely N-dealkylation sites (N-methyl/N-ethyl adjacent to an activating group) is 1. The van der Waals surface area contributed by atoms with Crippen LogP contribution in [0.1, 0.15) is 160 Å². The summed E-state index contributed by atoms with van der Waals surface area (Å²) in [6.45, 7) is 5.80. The lowest BCUT2D eigenvalue weighted by molar-refractivity contribution is -0.125. The molecule has 2 aromatic rings. The third-order valence-corrected chi connectivity index (χ3v) is 18.9. The molecule has 396 valence electrons. The predicted molar refractivity (Wildman–Crippen MR) is 285 cm³/mol. The lowest BCUT2D eigenvalue weighted by Crippen LogP contribution is -2.55. The number of aliphatic hydroxyl groups excluding tert-OH is 2. The van der Waals surface area contributed by atoms with E-state index in [2.05, 4.69) is 65.0 Å². The van der Waals surface area contributed by atoms with Crippen molar-refractivity contribution < 1.29 is 39.4 Å². The van der Waals surface area contributed by atoms with Crippen molar-refractivity contribution in [1.29, 1.82) is 0 Å². The van der Waals surface area contributed by atoms with Crippen molar-refractivity contribution in [2.45, 2.75) is 172 Å². The minimum Gasteiger partial charge on any atom is -0.504 e. The summed E-state index contributed by atoms with van der Waals surface area (Å²) in [4.78, 5) is 20.3. The molecule has 2 bridgehead atoms. The van der Waals surface area contributed by atoms with Crippen LogP contribution >= 0.6 is 0 Å². The zero-order valence-corrected chi connectivity index (χ0v) is 44.3. The second kappa shape index (κ2) is 24.4. The number of fused-ring (bicyclic) bond motifs is 5. The summed E-state index contributed by atoms with van der Waals surface area (Å²) in [5.41, 5.74) is 0.798. The number of aliphatic hydroxyl groups is 2. The standard InChI is InChI=1S/C60H88N4O8/c1-6-8-9-10-31-71-55(68)34-42-25-28-58(37-42,39-61-3)72-53-36-44-35-50(56(53)69)64-57(62-4)63-29-13-16-43-15-11-26-59(43,38-41-20-23-51(66)52(33-41)70-5)54(67)24-22-49-47-32-40(7-2)19-21-45(47)46(17-14-30-65)48-18-12-27-60(44,48)49/h20,22-24,33,35-36,40,42-43,45-49,55,61,65-66,68-69H,6-12,14-19,21,25-28,30-32,34,37-39H2,1-5H3,(H2,62,63,64). The molecule has 5 aliphatic carbocycles. The number of aliphatic imine (C=N–C) groups is 1. The van der Waals surface area contributed by atoms with Crippen LogP contribution in [0.25, 0.3) is 0 Å². The molecule has 2 aromatic carbocycles. The van der Waals surface area contributed by atoms with Gasteiger partial charge in [-0.15, -0.1) is 0 Å². The fraction of sp³-hybridized carbons (Fsp3) is 0.700. The summed E-state index contributed by atoms with van der Waals surface area (Å²) in [5, 5.41) is 54.7. The first-order valence-corrected chi connectivity index (χ1v) is 28.1. The van der Waals surface area contributed by atoms with Gasteiger partial charge in [-0.3, -0.25) is 15.1 Å². The van der Waals surface area contributed by atoms with Crippen LogP contribution in [0.5, 0.6) is 23.0 Å². The highest BCUT2D eigenvalue weighted by Crippen LogP contribution is 2.67. The molecule has 7 N–H and O–H groups in total. The number of unbranched alkanes of at least 4 members (excludes halogenated alkanes) is 3. The first-order valence-electron chi connectivity index (χ1n) is 28.1. The maximum absolute atomic E-state index is 15.7. The number of carbonyl (C=O) groups excluding carboxylic acids is 1. The SMILES string of the molecule is CCCCCCOC(O)CC1CCC(CNC)(Oc2cc3cc(c2O)NC(=NC)NC#CCC2CCCC2(Cc2ccc(O)c(OC)c2)C(=O)C=CC2C4CC(CC)CCC4C(CCCO)C4CCCC324)C1. The minimum atomic E-state index is -0.834. The van der Waals surface area contributed by atoms with Crippen LogP contribution in [0.15, 0.2) is 47.5 Å². The number of ketones is 1. The number of allylic oxidation sites excluding steroid dienone is 2. The normalized spacial score (nSPS) is 33.2. The van der Waals surface area contributed by atoms with Crippen molar-refractivity contribution in [3.8, 4) is 35.0 Å². The van der Waals surface area contributed by atoms with E-state index in [1.54, 1.807) is 20.2 Å². The van der Waals surface area contributed by atoms with Gasteiger partial charge >= 0.3 is 0 Å². The molecule has 1 aliphatic heterocycles. The fourth-order valence-corrected chi connectivity index (χ4v) is 15.6. The molecule has 12 atom stereocenters. The van der Waals surface area contributed by atoms with Gasteiger partial charge < -0.3 is 45.3 Å². The fourth-order valence-electron chi connectivity index (χ4n) is 15.6. The molecular weight excluding hydrogens is 905 g/mol. The van der Waals surface area contributed by atoms with Crippen LogP contribution in [0.4, 0.5) is 5.69 Å². The van der Waals surface area contributed by atoms with Gasteiger partial charge in [-0.1, -0.05) is 76.9 Å². The van der Waals surface area contributed by atoms with E-state index in [1.165, 1.54) is 12.8 Å².